The zero-order chi connectivity index (χ0) is 25.7. The third kappa shape index (κ3) is 11.4. The first-order valence-corrected chi connectivity index (χ1v) is 14.4. The van der Waals surface area contributed by atoms with Crippen LogP contribution in [0.15, 0.2) is 36.4 Å². The molecule has 1 unspecified atom stereocenters. The molecular formula is C25H37Cl2N3O4S. The molecular weight excluding hydrogens is 509 g/mol. The number of benzene rings is 2. The van der Waals surface area contributed by atoms with Crippen molar-refractivity contribution in [2.24, 2.45) is 0 Å². The highest BCUT2D eigenvalue weighted by atomic mass is 35.5. The molecule has 10 heteroatoms. The second-order valence-corrected chi connectivity index (χ2v) is 11.3. The van der Waals surface area contributed by atoms with E-state index in [9.17, 15) is 13.5 Å². The summed E-state index contributed by atoms with van der Waals surface area (Å²) in [6.45, 7) is 4.33. The molecule has 0 aromatic heterocycles. The Morgan fingerprint density at radius 3 is 2.29 bits per heavy atom. The number of nitrogens with one attached hydrogen (secondary N) is 2. The monoisotopic (exact) mass is 545 g/mol. The van der Waals surface area contributed by atoms with Crippen LogP contribution in [-0.2, 0) is 21.2 Å². The van der Waals surface area contributed by atoms with E-state index in [4.69, 9.17) is 33.7 Å². The van der Waals surface area contributed by atoms with Crippen LogP contribution >= 0.6 is 23.2 Å². The molecule has 7 nitrogen and oxygen atoms in total. The molecule has 0 heterocycles. The summed E-state index contributed by atoms with van der Waals surface area (Å²) >= 11 is 12.0. The lowest BCUT2D eigenvalue weighted by molar-refractivity contribution is 0.127. The Balaban J connectivity index is 1.45. The molecule has 0 radical (unpaired) electrons. The third-order valence-corrected chi connectivity index (χ3v) is 7.51. The molecule has 0 saturated carbocycles. The van der Waals surface area contributed by atoms with Gasteiger partial charge in [-0.2, -0.15) is 0 Å². The third-order valence-electron chi connectivity index (χ3n) is 5.58. The van der Waals surface area contributed by atoms with Crippen molar-refractivity contribution in [3.8, 4) is 0 Å². The van der Waals surface area contributed by atoms with Crippen LogP contribution in [0.1, 0.15) is 56.3 Å². The summed E-state index contributed by atoms with van der Waals surface area (Å²) in [4.78, 5) is 0. The van der Waals surface area contributed by atoms with E-state index in [1.165, 1.54) is 0 Å². The van der Waals surface area contributed by atoms with Crippen LogP contribution in [0.4, 0.5) is 11.4 Å². The Labute approximate surface area is 219 Å². The van der Waals surface area contributed by atoms with Gasteiger partial charge in [-0.05, 0) is 74.5 Å². The molecule has 0 bridgehead atoms. The van der Waals surface area contributed by atoms with Crippen molar-refractivity contribution in [3.63, 3.8) is 0 Å². The van der Waals surface area contributed by atoms with Crippen LogP contribution in [-0.4, -0.2) is 45.6 Å². The maximum absolute atomic E-state index is 11.6. The number of anilines is 2. The van der Waals surface area contributed by atoms with Crippen LogP contribution in [0.3, 0.4) is 0 Å². The topological polar surface area (TPSA) is 114 Å². The van der Waals surface area contributed by atoms with E-state index in [0.29, 0.717) is 40.1 Å². The largest absolute Gasteiger partial charge is 0.396 e. The number of sulfonamides is 1. The fourth-order valence-electron chi connectivity index (χ4n) is 3.43. The van der Waals surface area contributed by atoms with Crippen molar-refractivity contribution in [3.05, 3.63) is 57.6 Å². The number of aliphatic hydroxyl groups is 1. The lowest BCUT2D eigenvalue weighted by atomic mass is 10.1. The number of nitrogen functional groups attached to an aromatic ring is 1. The van der Waals surface area contributed by atoms with Gasteiger partial charge in [-0.25, -0.2) is 8.42 Å². The minimum atomic E-state index is -3.24. The van der Waals surface area contributed by atoms with Crippen LogP contribution in [0.25, 0.3) is 0 Å². The Morgan fingerprint density at radius 1 is 1.00 bits per heavy atom. The molecule has 0 spiro atoms. The Kier molecular flexibility index (Phi) is 13.2. The molecule has 1 atom stereocenters. The average Bonchev–Trinajstić information content (AvgIpc) is 2.83. The van der Waals surface area contributed by atoms with E-state index in [1.54, 1.807) is 31.2 Å². The van der Waals surface area contributed by atoms with Gasteiger partial charge in [0.1, 0.15) is 0 Å². The van der Waals surface area contributed by atoms with Crippen LogP contribution in [0, 0.1) is 0 Å². The SMILES string of the molecule is CCS(=O)(=O)Nc1ccc(CCCOCCCCCCNCC(O)c2cc(Cl)c(N)c(Cl)c2)cc1. The molecule has 0 fully saturated rings. The second kappa shape index (κ2) is 15.5. The summed E-state index contributed by atoms with van der Waals surface area (Å²) in [6, 6.07) is 10.8. The fraction of sp³-hybridized carbons (Fsp3) is 0.520. The summed E-state index contributed by atoms with van der Waals surface area (Å²) in [7, 11) is -3.24. The van der Waals surface area contributed by atoms with E-state index >= 15 is 0 Å². The average molecular weight is 547 g/mol. The van der Waals surface area contributed by atoms with Crippen molar-refractivity contribution in [2.75, 3.05) is 42.5 Å². The molecule has 2 rings (SSSR count). The predicted molar refractivity (Wildman–Crippen MR) is 146 cm³/mol. The van der Waals surface area contributed by atoms with Gasteiger partial charge in [-0.1, -0.05) is 48.2 Å². The first-order chi connectivity index (χ1) is 16.7. The van der Waals surface area contributed by atoms with E-state index in [2.05, 4.69) is 10.0 Å². The molecule has 0 aliphatic heterocycles. The second-order valence-electron chi connectivity index (χ2n) is 8.45. The smallest absolute Gasteiger partial charge is 0.232 e. The highest BCUT2D eigenvalue weighted by molar-refractivity contribution is 7.92. The molecule has 196 valence electrons. The lowest BCUT2D eigenvalue weighted by Crippen LogP contribution is -2.22. The molecule has 35 heavy (non-hydrogen) atoms. The first-order valence-electron chi connectivity index (χ1n) is 12.0. The molecule has 5 N–H and O–H groups in total. The minimum Gasteiger partial charge on any atom is -0.396 e. The van der Waals surface area contributed by atoms with Crippen molar-refractivity contribution >= 4 is 44.6 Å². The molecule has 0 saturated heterocycles. The maximum Gasteiger partial charge on any atom is 0.232 e. The van der Waals surface area contributed by atoms with Crippen molar-refractivity contribution < 1.29 is 18.3 Å². The number of hydrogen-bond donors (Lipinski definition) is 4. The summed E-state index contributed by atoms with van der Waals surface area (Å²) in [5.74, 6) is 0.0601. The van der Waals surface area contributed by atoms with Gasteiger partial charge in [0.15, 0.2) is 0 Å². The Morgan fingerprint density at radius 2 is 1.63 bits per heavy atom. The minimum absolute atomic E-state index is 0.0601. The predicted octanol–water partition coefficient (Wildman–Crippen LogP) is 5.17. The quantitative estimate of drug-likeness (QED) is 0.161. The van der Waals surface area contributed by atoms with Crippen molar-refractivity contribution in [2.45, 2.75) is 51.6 Å². The maximum atomic E-state index is 11.6. The van der Waals surface area contributed by atoms with E-state index in [1.807, 2.05) is 12.1 Å². The number of rotatable bonds is 17. The van der Waals surface area contributed by atoms with Crippen molar-refractivity contribution in [1.82, 2.24) is 5.32 Å². The number of hydrogen-bond acceptors (Lipinski definition) is 6. The van der Waals surface area contributed by atoms with Gasteiger partial charge < -0.3 is 20.9 Å². The zero-order valence-electron chi connectivity index (χ0n) is 20.2. The van der Waals surface area contributed by atoms with Crippen LogP contribution < -0.4 is 15.8 Å². The van der Waals surface area contributed by atoms with E-state index in [0.717, 1.165) is 57.2 Å². The molecule has 0 amide bonds. The van der Waals surface area contributed by atoms with Gasteiger partial charge in [0.05, 0.1) is 27.6 Å². The molecule has 0 aliphatic rings. The van der Waals surface area contributed by atoms with Crippen LogP contribution in [0.2, 0.25) is 10.0 Å². The fourth-order valence-corrected chi connectivity index (χ4v) is 4.58. The van der Waals surface area contributed by atoms with E-state index < -0.39 is 16.1 Å². The number of unbranched alkanes of at least 4 members (excludes halogenated alkanes) is 3. The van der Waals surface area contributed by atoms with Gasteiger partial charge in [-0.15, -0.1) is 0 Å². The number of nitrogens with two attached hydrogens (primary N) is 1. The van der Waals surface area contributed by atoms with Gasteiger partial charge in [0, 0.05) is 25.4 Å². The summed E-state index contributed by atoms with van der Waals surface area (Å²) in [5.41, 5.74) is 8.45. The van der Waals surface area contributed by atoms with Gasteiger partial charge >= 0.3 is 0 Å². The number of aliphatic hydroxyl groups excluding tert-OH is 1. The van der Waals surface area contributed by atoms with Crippen LogP contribution in [0.5, 0.6) is 0 Å². The first kappa shape index (κ1) is 29.7. The number of ether oxygens (including phenoxy) is 1. The van der Waals surface area contributed by atoms with Crippen molar-refractivity contribution in [1.29, 1.82) is 0 Å². The summed E-state index contributed by atoms with van der Waals surface area (Å²) < 4.78 is 31.4. The molecule has 0 aliphatic carbocycles. The van der Waals surface area contributed by atoms with Gasteiger partial charge in [0.25, 0.3) is 0 Å². The summed E-state index contributed by atoms with van der Waals surface area (Å²) in [6.07, 6.45) is 5.38. The highest BCUT2D eigenvalue weighted by Crippen LogP contribution is 2.31. The molecule has 2 aromatic carbocycles. The summed E-state index contributed by atoms with van der Waals surface area (Å²) in [5, 5.41) is 14.2. The standard InChI is InChI=1S/C25H37Cl2N3O4S/c1-2-35(32,33)30-21-11-9-19(10-12-21)8-7-15-34-14-6-4-3-5-13-29-18-24(31)20-16-22(26)25(28)23(27)17-20/h9-12,16-17,24,29-31H,2-8,13-15,18,28H2,1H3. The molecule has 2 aromatic rings. The van der Waals surface area contributed by atoms with E-state index in [-0.39, 0.29) is 5.75 Å². The zero-order valence-corrected chi connectivity index (χ0v) is 22.6. The normalized spacial score (nSPS) is 12.6. The highest BCUT2D eigenvalue weighted by Gasteiger charge is 2.12. The lowest BCUT2D eigenvalue weighted by Gasteiger charge is -2.14. The Hall–Kier alpha value is -1.55. The Bertz CT molecular complexity index is 981. The number of halogens is 2. The van der Waals surface area contributed by atoms with Gasteiger partial charge in [0.2, 0.25) is 10.0 Å². The number of aryl methyl sites for hydroxylation is 1. The van der Waals surface area contributed by atoms with Gasteiger partial charge in [-0.3, -0.25) is 4.72 Å².